The highest BCUT2D eigenvalue weighted by Gasteiger charge is 2.29. The molecule has 198 valence electrons. The van der Waals surface area contributed by atoms with E-state index in [4.69, 9.17) is 4.98 Å². The Kier molecular flexibility index (Phi) is 7.40. The van der Waals surface area contributed by atoms with Crippen molar-refractivity contribution >= 4 is 23.0 Å². The molecule has 5 rings (SSSR count). The minimum Gasteiger partial charge on any atom is -0.475 e. The predicted octanol–water partition coefficient (Wildman–Crippen LogP) is 6.09. The van der Waals surface area contributed by atoms with Crippen LogP contribution in [0.1, 0.15) is 87.8 Å². The van der Waals surface area contributed by atoms with Crippen molar-refractivity contribution in [2.45, 2.75) is 84.2 Å². The summed E-state index contributed by atoms with van der Waals surface area (Å²) in [6, 6.07) is 4.22. The number of alkyl halides is 1. The summed E-state index contributed by atoms with van der Waals surface area (Å²) in [5.74, 6) is 1.12. The Morgan fingerprint density at radius 1 is 1.11 bits per heavy atom. The van der Waals surface area contributed by atoms with Crippen LogP contribution in [0.4, 0.5) is 10.2 Å². The molecule has 8 nitrogen and oxygen atoms in total. The topological polar surface area (TPSA) is 106 Å². The van der Waals surface area contributed by atoms with Gasteiger partial charge in [0.05, 0.1) is 6.67 Å². The number of halogens is 1. The molecule has 2 aliphatic rings. The molecule has 2 saturated carbocycles. The van der Waals surface area contributed by atoms with Crippen LogP contribution >= 0.6 is 0 Å². The van der Waals surface area contributed by atoms with E-state index >= 15 is 0 Å². The van der Waals surface area contributed by atoms with E-state index in [2.05, 4.69) is 51.7 Å². The molecule has 0 aromatic carbocycles. The number of hydrogen-bond donors (Lipinski definition) is 2. The van der Waals surface area contributed by atoms with Crippen LogP contribution in [-0.2, 0) is 6.54 Å². The summed E-state index contributed by atoms with van der Waals surface area (Å²) in [5.41, 5.74) is 2.97. The molecule has 2 N–H and O–H groups in total. The lowest BCUT2D eigenvalue weighted by molar-refractivity contribution is 0.0684. The number of fused-ring (bicyclic) bond motifs is 1. The molecule has 37 heavy (non-hydrogen) atoms. The summed E-state index contributed by atoms with van der Waals surface area (Å²) in [6.45, 7) is 6.84. The summed E-state index contributed by atoms with van der Waals surface area (Å²) in [5, 5.41) is 13.3. The third-order valence-electron chi connectivity index (χ3n) is 8.32. The molecule has 0 spiro atoms. The minimum absolute atomic E-state index is 0.154. The van der Waals surface area contributed by atoms with Crippen LogP contribution < -0.4 is 5.32 Å². The molecule has 0 aliphatic heterocycles. The van der Waals surface area contributed by atoms with Gasteiger partial charge in [-0.15, -0.1) is 0 Å². The van der Waals surface area contributed by atoms with Crippen molar-refractivity contribution in [3.8, 4) is 11.5 Å². The molecule has 2 fully saturated rings. The second-order valence-electron chi connectivity index (χ2n) is 11.2. The molecule has 3 aromatic heterocycles. The Bertz CT molecular complexity index is 1260. The number of carboxylic acid groups (broad SMARTS) is 1. The zero-order valence-corrected chi connectivity index (χ0v) is 22.0. The SMILES string of the molecule is CC(C)c1ccnc(-c2nc3nc(C(=O)O)nc(N[C@H](C)C4CCC4)c3n2C[C@H]2CC[C@H](CF)CC2)c1. The highest BCUT2D eigenvalue weighted by molar-refractivity contribution is 5.92. The van der Waals surface area contributed by atoms with Gasteiger partial charge in [0.2, 0.25) is 5.82 Å². The zero-order valence-electron chi connectivity index (χ0n) is 22.0. The van der Waals surface area contributed by atoms with Crippen LogP contribution in [0.2, 0.25) is 0 Å². The van der Waals surface area contributed by atoms with Gasteiger partial charge >= 0.3 is 5.97 Å². The van der Waals surface area contributed by atoms with Gasteiger partial charge in [0.1, 0.15) is 11.2 Å². The molecular weight excluding hydrogens is 471 g/mol. The third kappa shape index (κ3) is 5.31. The number of hydrogen-bond acceptors (Lipinski definition) is 6. The van der Waals surface area contributed by atoms with Crippen molar-refractivity contribution in [3.63, 3.8) is 0 Å². The van der Waals surface area contributed by atoms with E-state index in [-0.39, 0.29) is 24.5 Å². The van der Waals surface area contributed by atoms with Gasteiger partial charge in [-0.05, 0) is 86.8 Å². The second-order valence-corrected chi connectivity index (χ2v) is 11.2. The van der Waals surface area contributed by atoms with E-state index in [0.717, 1.165) is 55.3 Å². The van der Waals surface area contributed by atoms with E-state index < -0.39 is 5.97 Å². The van der Waals surface area contributed by atoms with Crippen LogP contribution in [0.15, 0.2) is 18.3 Å². The Hall–Kier alpha value is -3.10. The van der Waals surface area contributed by atoms with Gasteiger partial charge in [-0.2, -0.15) is 0 Å². The molecule has 1 atom stereocenters. The number of aromatic carboxylic acids is 1. The molecule has 2 aliphatic carbocycles. The standard InChI is InChI=1S/C28H37FN6O2/c1-16(2)21-11-12-30-22(13-21)27-34-25-23(35(27)15-19-9-7-18(14-29)8-10-19)24(32-26(33-25)28(36)37)31-17(3)20-5-4-6-20/h11-13,16-20H,4-10,14-15H2,1-3H3,(H,36,37)(H,31,32,33)/t17-,18-,19-/m1/s1. The van der Waals surface area contributed by atoms with Crippen LogP contribution in [0, 0.1) is 17.8 Å². The highest BCUT2D eigenvalue weighted by atomic mass is 19.1. The monoisotopic (exact) mass is 508 g/mol. The first-order valence-corrected chi connectivity index (χ1v) is 13.6. The van der Waals surface area contributed by atoms with E-state index in [1.807, 2.05) is 6.07 Å². The van der Waals surface area contributed by atoms with Gasteiger partial charge in [0.15, 0.2) is 17.3 Å². The third-order valence-corrected chi connectivity index (χ3v) is 8.32. The fraction of sp³-hybridized carbons (Fsp3) is 0.607. The molecule has 0 amide bonds. The van der Waals surface area contributed by atoms with Crippen molar-refractivity contribution < 1.29 is 14.3 Å². The zero-order chi connectivity index (χ0) is 26.1. The second kappa shape index (κ2) is 10.7. The lowest BCUT2D eigenvalue weighted by Crippen LogP contribution is -2.31. The summed E-state index contributed by atoms with van der Waals surface area (Å²) in [7, 11) is 0. The molecule has 0 saturated heterocycles. The maximum absolute atomic E-state index is 13.3. The molecular formula is C28H37FN6O2. The molecule has 3 heterocycles. The highest BCUT2D eigenvalue weighted by Crippen LogP contribution is 2.36. The lowest BCUT2D eigenvalue weighted by Gasteiger charge is -2.32. The Labute approximate surface area is 217 Å². The Morgan fingerprint density at radius 2 is 1.84 bits per heavy atom. The van der Waals surface area contributed by atoms with Crippen molar-refractivity contribution in [1.82, 2.24) is 24.5 Å². The first-order chi connectivity index (χ1) is 17.8. The molecule has 0 bridgehead atoms. The van der Waals surface area contributed by atoms with E-state index in [1.54, 1.807) is 6.20 Å². The van der Waals surface area contributed by atoms with Crippen molar-refractivity contribution in [2.75, 3.05) is 12.0 Å². The maximum Gasteiger partial charge on any atom is 0.374 e. The largest absolute Gasteiger partial charge is 0.475 e. The number of carboxylic acids is 1. The predicted molar refractivity (Wildman–Crippen MR) is 141 cm³/mol. The van der Waals surface area contributed by atoms with Gasteiger partial charge in [-0.3, -0.25) is 9.37 Å². The molecule has 9 heteroatoms. The Morgan fingerprint density at radius 3 is 2.46 bits per heavy atom. The van der Waals surface area contributed by atoms with Gasteiger partial charge in [-0.1, -0.05) is 20.3 Å². The summed E-state index contributed by atoms with van der Waals surface area (Å²) in [4.78, 5) is 30.2. The number of nitrogens with one attached hydrogen (secondary N) is 1. The van der Waals surface area contributed by atoms with Crippen LogP contribution in [0.5, 0.6) is 0 Å². The fourth-order valence-corrected chi connectivity index (χ4v) is 5.63. The summed E-state index contributed by atoms with van der Waals surface area (Å²) < 4.78 is 15.4. The van der Waals surface area contributed by atoms with Gasteiger partial charge in [0, 0.05) is 18.8 Å². The van der Waals surface area contributed by atoms with Crippen LogP contribution in [0.25, 0.3) is 22.7 Å². The lowest BCUT2D eigenvalue weighted by atomic mass is 9.80. The number of rotatable bonds is 9. The average molecular weight is 509 g/mol. The minimum atomic E-state index is -1.18. The fourth-order valence-electron chi connectivity index (χ4n) is 5.63. The normalized spacial score (nSPS) is 21.2. The van der Waals surface area contributed by atoms with Gasteiger partial charge < -0.3 is 15.0 Å². The van der Waals surface area contributed by atoms with E-state index in [9.17, 15) is 14.3 Å². The van der Waals surface area contributed by atoms with Crippen molar-refractivity contribution in [2.24, 2.45) is 17.8 Å². The number of aromatic nitrogens is 5. The first kappa shape index (κ1) is 25.5. The number of pyridine rings is 1. The van der Waals surface area contributed by atoms with Crippen LogP contribution in [-0.4, -0.2) is 48.3 Å². The first-order valence-electron chi connectivity index (χ1n) is 13.6. The Balaban J connectivity index is 1.63. The molecule has 3 aromatic rings. The summed E-state index contributed by atoms with van der Waals surface area (Å²) >= 11 is 0. The number of nitrogens with zero attached hydrogens (tertiary/aromatic N) is 5. The smallest absolute Gasteiger partial charge is 0.374 e. The number of anilines is 1. The van der Waals surface area contributed by atoms with Crippen molar-refractivity contribution in [1.29, 1.82) is 0 Å². The number of carbonyl (C=O) groups is 1. The maximum atomic E-state index is 13.3. The van der Waals surface area contributed by atoms with Crippen molar-refractivity contribution in [3.05, 3.63) is 29.7 Å². The number of imidazole rings is 1. The molecule has 0 unspecified atom stereocenters. The van der Waals surface area contributed by atoms with Gasteiger partial charge in [-0.25, -0.2) is 19.7 Å². The average Bonchev–Trinajstić information content (AvgIpc) is 3.22. The molecule has 0 radical (unpaired) electrons. The van der Waals surface area contributed by atoms with E-state index in [1.165, 1.54) is 6.42 Å². The summed E-state index contributed by atoms with van der Waals surface area (Å²) in [6.07, 6.45) is 8.99. The van der Waals surface area contributed by atoms with Crippen LogP contribution in [0.3, 0.4) is 0 Å². The quantitative estimate of drug-likeness (QED) is 0.360. The van der Waals surface area contributed by atoms with Gasteiger partial charge in [0.25, 0.3) is 0 Å². The van der Waals surface area contributed by atoms with E-state index in [0.29, 0.717) is 41.6 Å².